The van der Waals surface area contributed by atoms with Crippen LogP contribution >= 0.6 is 34.7 Å². The maximum atomic E-state index is 13.7. The fraction of sp³-hybridized carbons (Fsp3) is 0.138. The molecule has 0 saturated carbocycles. The zero-order valence-corrected chi connectivity index (χ0v) is 23.8. The van der Waals surface area contributed by atoms with Gasteiger partial charge in [-0.05, 0) is 61.4 Å². The Labute approximate surface area is 242 Å². The smallest absolute Gasteiger partial charge is 0.338 e. The first kappa shape index (κ1) is 27.6. The second-order valence-electron chi connectivity index (χ2n) is 8.75. The number of allylic oxidation sites excluding steroid dienone is 1. The van der Waals surface area contributed by atoms with Gasteiger partial charge in [0.15, 0.2) is 4.80 Å². The summed E-state index contributed by atoms with van der Waals surface area (Å²) in [7, 11) is 0. The molecule has 5 rings (SSSR count). The Balaban J connectivity index is 1.60. The van der Waals surface area contributed by atoms with Gasteiger partial charge in [-0.3, -0.25) is 19.5 Å². The van der Waals surface area contributed by atoms with Crippen LogP contribution in [0.5, 0.6) is 0 Å². The number of rotatable bonds is 7. The quantitative estimate of drug-likeness (QED) is 0.159. The van der Waals surface area contributed by atoms with Gasteiger partial charge < -0.3 is 4.74 Å². The molecule has 0 N–H and O–H groups in total. The Morgan fingerprint density at radius 1 is 1.18 bits per heavy atom. The molecule has 1 aliphatic rings. The van der Waals surface area contributed by atoms with Crippen LogP contribution in [0.4, 0.5) is 5.69 Å². The Kier molecular flexibility index (Phi) is 8.02. The lowest BCUT2D eigenvalue weighted by Gasteiger charge is -2.24. The third-order valence-electron chi connectivity index (χ3n) is 6.15. The molecule has 4 aromatic rings. The molecule has 0 aliphatic carbocycles. The number of carbonyl (C=O) groups excluding carboxylic acids is 1. The van der Waals surface area contributed by atoms with Crippen molar-refractivity contribution in [1.29, 1.82) is 0 Å². The van der Waals surface area contributed by atoms with E-state index in [0.29, 0.717) is 36.1 Å². The number of nitrogens with zero attached hydrogens (tertiary/aromatic N) is 3. The summed E-state index contributed by atoms with van der Waals surface area (Å²) in [5.41, 5.74) is 1.57. The van der Waals surface area contributed by atoms with Crippen molar-refractivity contribution >= 4 is 52.4 Å². The fourth-order valence-electron chi connectivity index (χ4n) is 4.38. The molecule has 1 aliphatic heterocycles. The minimum absolute atomic E-state index is 0.0796. The number of hydrogen-bond donors (Lipinski definition) is 0. The van der Waals surface area contributed by atoms with Crippen molar-refractivity contribution in [2.45, 2.75) is 29.7 Å². The second kappa shape index (κ2) is 11.6. The maximum Gasteiger partial charge on any atom is 0.338 e. The van der Waals surface area contributed by atoms with Crippen molar-refractivity contribution in [3.63, 3.8) is 0 Å². The number of thiazole rings is 1. The van der Waals surface area contributed by atoms with E-state index in [1.165, 1.54) is 22.4 Å². The van der Waals surface area contributed by atoms with Crippen molar-refractivity contribution in [1.82, 2.24) is 4.57 Å². The number of nitro benzene ring substituents is 1. The molecular weight excluding hydrogens is 570 g/mol. The molecule has 3 aromatic carbocycles. The van der Waals surface area contributed by atoms with Gasteiger partial charge in [-0.25, -0.2) is 9.79 Å². The van der Waals surface area contributed by atoms with Crippen LogP contribution in [0.1, 0.15) is 31.0 Å². The lowest BCUT2D eigenvalue weighted by molar-refractivity contribution is -0.387. The van der Waals surface area contributed by atoms with E-state index in [-0.39, 0.29) is 17.9 Å². The third-order valence-corrected chi connectivity index (χ3v) is 8.46. The molecule has 0 spiro atoms. The molecule has 8 nitrogen and oxygen atoms in total. The van der Waals surface area contributed by atoms with E-state index < -0.39 is 16.9 Å². The number of esters is 1. The predicted molar refractivity (Wildman–Crippen MR) is 156 cm³/mol. The second-order valence-corrected chi connectivity index (χ2v) is 11.3. The van der Waals surface area contributed by atoms with E-state index in [9.17, 15) is 19.7 Å². The van der Waals surface area contributed by atoms with E-state index in [0.717, 1.165) is 21.8 Å². The molecule has 0 saturated heterocycles. The van der Waals surface area contributed by atoms with Crippen LogP contribution < -0.4 is 14.9 Å². The predicted octanol–water partition coefficient (Wildman–Crippen LogP) is 5.51. The Morgan fingerprint density at radius 2 is 1.90 bits per heavy atom. The van der Waals surface area contributed by atoms with Crippen molar-refractivity contribution in [2.24, 2.45) is 4.99 Å². The average molecular weight is 592 g/mol. The van der Waals surface area contributed by atoms with Crippen LogP contribution in [0.3, 0.4) is 0 Å². The topological polar surface area (TPSA) is 104 Å². The lowest BCUT2D eigenvalue weighted by atomic mass is 9.96. The van der Waals surface area contributed by atoms with Gasteiger partial charge in [-0.2, -0.15) is 0 Å². The first-order valence-electron chi connectivity index (χ1n) is 12.2. The molecule has 1 aromatic heterocycles. The number of hydrogen-bond acceptors (Lipinski definition) is 8. The highest BCUT2D eigenvalue weighted by atomic mass is 35.5. The minimum atomic E-state index is -0.717. The largest absolute Gasteiger partial charge is 0.463 e. The van der Waals surface area contributed by atoms with Gasteiger partial charge in [-0.1, -0.05) is 71.1 Å². The van der Waals surface area contributed by atoms with Gasteiger partial charge in [-0.15, -0.1) is 0 Å². The molecule has 11 heteroatoms. The van der Waals surface area contributed by atoms with Crippen LogP contribution in [-0.2, 0) is 9.53 Å². The summed E-state index contributed by atoms with van der Waals surface area (Å²) >= 11 is 8.37. The summed E-state index contributed by atoms with van der Waals surface area (Å²) in [5, 5.41) is 12.5. The fourth-order valence-corrected chi connectivity index (χ4v) is 6.45. The number of nitro groups is 1. The monoisotopic (exact) mass is 591 g/mol. The zero-order chi connectivity index (χ0) is 28.4. The Bertz CT molecular complexity index is 1830. The zero-order valence-electron chi connectivity index (χ0n) is 21.4. The van der Waals surface area contributed by atoms with Gasteiger partial charge in [0.25, 0.3) is 11.2 Å². The van der Waals surface area contributed by atoms with Gasteiger partial charge in [0.1, 0.15) is 0 Å². The molecule has 0 amide bonds. The Morgan fingerprint density at radius 3 is 2.58 bits per heavy atom. The molecule has 2 heterocycles. The normalized spacial score (nSPS) is 15.0. The molecule has 0 radical (unpaired) electrons. The summed E-state index contributed by atoms with van der Waals surface area (Å²) in [4.78, 5) is 44.4. The van der Waals surface area contributed by atoms with E-state index in [1.807, 2.05) is 30.3 Å². The van der Waals surface area contributed by atoms with Crippen LogP contribution in [0.25, 0.3) is 6.08 Å². The average Bonchev–Trinajstić information content (AvgIpc) is 3.24. The van der Waals surface area contributed by atoms with Gasteiger partial charge in [0.2, 0.25) is 0 Å². The first-order valence-corrected chi connectivity index (χ1v) is 14.2. The van der Waals surface area contributed by atoms with E-state index in [1.54, 1.807) is 56.3 Å². The summed E-state index contributed by atoms with van der Waals surface area (Å²) in [5.74, 6) is -0.531. The lowest BCUT2D eigenvalue weighted by Crippen LogP contribution is -2.39. The van der Waals surface area contributed by atoms with Gasteiger partial charge in [0.05, 0.1) is 38.3 Å². The summed E-state index contributed by atoms with van der Waals surface area (Å²) in [6.45, 7) is 3.63. The van der Waals surface area contributed by atoms with Crippen LogP contribution in [0, 0.1) is 10.1 Å². The van der Waals surface area contributed by atoms with Crippen LogP contribution in [0.15, 0.2) is 104 Å². The van der Waals surface area contributed by atoms with Gasteiger partial charge >= 0.3 is 5.97 Å². The third kappa shape index (κ3) is 5.51. The molecule has 40 heavy (non-hydrogen) atoms. The van der Waals surface area contributed by atoms with E-state index in [4.69, 9.17) is 16.3 Å². The summed E-state index contributed by atoms with van der Waals surface area (Å²) in [6, 6.07) is 20.4. The Hall–Kier alpha value is -3.99. The number of carbonyl (C=O) groups is 1. The minimum Gasteiger partial charge on any atom is -0.463 e. The molecule has 202 valence electrons. The van der Waals surface area contributed by atoms with Crippen molar-refractivity contribution in [3.8, 4) is 0 Å². The molecule has 1 atom stereocenters. The van der Waals surface area contributed by atoms with Crippen molar-refractivity contribution < 1.29 is 14.5 Å². The maximum absolute atomic E-state index is 13.7. The van der Waals surface area contributed by atoms with Crippen molar-refractivity contribution in [2.75, 3.05) is 6.61 Å². The standard InChI is InChI=1S/C29H22ClN3O5S2/c1-3-38-28(35)25-17(2)31-29-32(26(25)19-7-5-4-6-8-19)27(34)24(40-29)16-18-9-14-23(22(15-18)33(36)37)39-21-12-10-20(30)11-13-21/h4-16,26H,3H2,1-2H3/b24-16+/t26-/m1/s1. The first-order chi connectivity index (χ1) is 19.3. The molecule has 0 unspecified atom stereocenters. The summed E-state index contributed by atoms with van der Waals surface area (Å²) < 4.78 is 7.14. The highest BCUT2D eigenvalue weighted by Crippen LogP contribution is 2.36. The van der Waals surface area contributed by atoms with Crippen LogP contribution in [0.2, 0.25) is 5.02 Å². The number of ether oxygens (including phenoxy) is 1. The number of benzene rings is 3. The molecular formula is C29H22ClN3O5S2. The van der Waals surface area contributed by atoms with Crippen LogP contribution in [-0.4, -0.2) is 22.1 Å². The van der Waals surface area contributed by atoms with E-state index >= 15 is 0 Å². The molecule has 0 fully saturated rings. The van der Waals surface area contributed by atoms with Gasteiger partial charge in [0, 0.05) is 16.0 Å². The highest BCUT2D eigenvalue weighted by Gasteiger charge is 2.33. The van der Waals surface area contributed by atoms with E-state index in [2.05, 4.69) is 4.99 Å². The number of aromatic nitrogens is 1. The molecule has 0 bridgehead atoms. The van der Waals surface area contributed by atoms with Crippen molar-refractivity contribution in [3.05, 3.63) is 130 Å². The summed E-state index contributed by atoms with van der Waals surface area (Å²) in [6.07, 6.45) is 1.61. The SMILES string of the molecule is CCOC(=O)C1=C(C)N=c2s/c(=C/c3ccc(Sc4ccc(Cl)cc4)c([N+](=O)[O-])c3)c(=O)n2[C@@H]1c1ccccc1. The number of fused-ring (bicyclic) bond motifs is 1. The highest BCUT2D eigenvalue weighted by molar-refractivity contribution is 7.99. The number of halogens is 1.